The fraction of sp³-hybridized carbons (Fsp3) is 0.429. The van der Waals surface area contributed by atoms with Crippen molar-refractivity contribution in [3.8, 4) is 11.3 Å². The summed E-state index contributed by atoms with van der Waals surface area (Å²) in [4.78, 5) is 16.3. The standard InChI is InChI=1S/C21H25FN4OS/c1-4-16-12-18(15-5-6-17(22)14(2)11-15)23-26(16)13-21(27)25-9-7-19-20(8-10-25)28-24(19)3/h5-6,11-12H,4,7-10,13H2,1-3H3. The minimum absolute atomic E-state index is 0.106. The highest BCUT2D eigenvalue weighted by Crippen LogP contribution is 2.25. The summed E-state index contributed by atoms with van der Waals surface area (Å²) in [5.41, 5.74) is 4.64. The number of amides is 1. The summed E-state index contributed by atoms with van der Waals surface area (Å²) < 4.78 is 17.6. The average Bonchev–Trinajstić information content (AvgIpc) is 2.98. The molecule has 28 heavy (non-hydrogen) atoms. The molecule has 1 aliphatic heterocycles. The number of fused-ring (bicyclic) bond motifs is 1. The molecule has 0 unspecified atom stereocenters. The zero-order valence-electron chi connectivity index (χ0n) is 16.5. The Morgan fingerprint density at radius 2 is 2.04 bits per heavy atom. The van der Waals surface area contributed by atoms with Gasteiger partial charge in [-0.3, -0.25) is 9.48 Å². The van der Waals surface area contributed by atoms with Gasteiger partial charge in [0, 0.05) is 54.8 Å². The first kappa shape index (κ1) is 18.9. The first-order chi connectivity index (χ1) is 13.5. The van der Waals surface area contributed by atoms with Gasteiger partial charge < -0.3 is 8.86 Å². The van der Waals surface area contributed by atoms with Crippen LogP contribution < -0.4 is 0 Å². The monoisotopic (exact) mass is 400 g/mol. The van der Waals surface area contributed by atoms with Crippen LogP contribution in [0.4, 0.5) is 4.39 Å². The predicted molar refractivity (Wildman–Crippen MR) is 109 cm³/mol. The van der Waals surface area contributed by atoms with Gasteiger partial charge in [-0.25, -0.2) is 4.39 Å². The van der Waals surface area contributed by atoms with Crippen LogP contribution in [0.2, 0.25) is 0 Å². The van der Waals surface area contributed by atoms with E-state index in [4.69, 9.17) is 0 Å². The lowest BCUT2D eigenvalue weighted by Crippen LogP contribution is -2.36. The number of hydrogen-bond acceptors (Lipinski definition) is 3. The molecular weight excluding hydrogens is 375 g/mol. The average molecular weight is 401 g/mol. The molecule has 1 aliphatic rings. The van der Waals surface area contributed by atoms with Gasteiger partial charge in [0.05, 0.1) is 5.69 Å². The minimum Gasteiger partial charge on any atom is -0.340 e. The van der Waals surface area contributed by atoms with Crippen LogP contribution >= 0.6 is 11.5 Å². The molecule has 3 heterocycles. The normalized spacial score (nSPS) is 14.2. The van der Waals surface area contributed by atoms with E-state index in [1.807, 2.05) is 11.0 Å². The SMILES string of the molecule is CCc1cc(-c2ccc(F)c(C)c2)nn1CC(=O)N1CCc2sn(C)c2CC1. The number of aromatic nitrogens is 3. The number of carbonyl (C=O) groups excluding carboxylic acids is 1. The fourth-order valence-electron chi connectivity index (χ4n) is 3.79. The van der Waals surface area contributed by atoms with Crippen LogP contribution in [0.3, 0.4) is 0 Å². The van der Waals surface area contributed by atoms with Gasteiger partial charge in [-0.1, -0.05) is 18.5 Å². The Morgan fingerprint density at radius 3 is 2.75 bits per heavy atom. The molecule has 0 bridgehead atoms. The van der Waals surface area contributed by atoms with E-state index in [0.29, 0.717) is 5.56 Å². The highest BCUT2D eigenvalue weighted by atomic mass is 32.1. The van der Waals surface area contributed by atoms with Crippen LogP contribution in [0, 0.1) is 12.7 Å². The fourth-order valence-corrected chi connectivity index (χ4v) is 4.82. The first-order valence-electron chi connectivity index (χ1n) is 9.71. The maximum atomic E-state index is 13.6. The van der Waals surface area contributed by atoms with Gasteiger partial charge in [0.25, 0.3) is 0 Å². The second-order valence-corrected chi connectivity index (χ2v) is 8.56. The van der Waals surface area contributed by atoms with Crippen molar-refractivity contribution in [1.82, 2.24) is 18.6 Å². The lowest BCUT2D eigenvalue weighted by Gasteiger charge is -2.20. The molecule has 0 atom stereocenters. The quantitative estimate of drug-likeness (QED) is 0.672. The summed E-state index contributed by atoms with van der Waals surface area (Å²) in [6.07, 6.45) is 2.65. The van der Waals surface area contributed by atoms with E-state index in [0.717, 1.165) is 49.3 Å². The number of benzene rings is 1. The van der Waals surface area contributed by atoms with Crippen LogP contribution in [0.5, 0.6) is 0 Å². The van der Waals surface area contributed by atoms with Crippen LogP contribution in [0.25, 0.3) is 11.3 Å². The molecule has 0 saturated heterocycles. The molecule has 148 valence electrons. The molecule has 2 aromatic heterocycles. The van der Waals surface area contributed by atoms with E-state index < -0.39 is 0 Å². The van der Waals surface area contributed by atoms with Gasteiger partial charge in [-0.15, -0.1) is 0 Å². The molecule has 5 nitrogen and oxygen atoms in total. The van der Waals surface area contributed by atoms with Gasteiger partial charge in [0.1, 0.15) is 12.4 Å². The van der Waals surface area contributed by atoms with Crippen molar-refractivity contribution in [2.75, 3.05) is 13.1 Å². The third-order valence-electron chi connectivity index (χ3n) is 5.49. The number of aryl methyl sites for hydroxylation is 3. The summed E-state index contributed by atoms with van der Waals surface area (Å²) in [5.74, 6) is -0.112. The molecule has 0 saturated carbocycles. The maximum Gasteiger partial charge on any atom is 0.244 e. The van der Waals surface area contributed by atoms with Gasteiger partial charge in [0.15, 0.2) is 0 Å². The zero-order chi connectivity index (χ0) is 19.8. The van der Waals surface area contributed by atoms with Crippen molar-refractivity contribution >= 4 is 17.4 Å². The Bertz CT molecular complexity index is 1020. The number of halogens is 1. The van der Waals surface area contributed by atoms with Crippen LogP contribution in [0.15, 0.2) is 24.3 Å². The third-order valence-corrected chi connectivity index (χ3v) is 6.65. The largest absolute Gasteiger partial charge is 0.340 e. The maximum absolute atomic E-state index is 13.6. The molecule has 7 heteroatoms. The molecule has 1 amide bonds. The van der Waals surface area contributed by atoms with E-state index in [1.54, 1.807) is 35.3 Å². The molecule has 4 rings (SSSR count). The van der Waals surface area contributed by atoms with Crippen molar-refractivity contribution in [3.05, 3.63) is 51.9 Å². The first-order valence-corrected chi connectivity index (χ1v) is 10.5. The van der Waals surface area contributed by atoms with Gasteiger partial charge in [0.2, 0.25) is 5.91 Å². The smallest absolute Gasteiger partial charge is 0.244 e. The number of nitrogens with zero attached hydrogens (tertiary/aromatic N) is 4. The van der Waals surface area contributed by atoms with Crippen LogP contribution in [-0.2, 0) is 37.6 Å². The van der Waals surface area contributed by atoms with Crippen LogP contribution in [0.1, 0.15) is 28.8 Å². The van der Waals surface area contributed by atoms with Gasteiger partial charge >= 0.3 is 0 Å². The van der Waals surface area contributed by atoms with E-state index in [1.165, 1.54) is 16.6 Å². The van der Waals surface area contributed by atoms with Crippen molar-refractivity contribution in [2.24, 2.45) is 7.05 Å². The molecule has 0 N–H and O–H groups in total. The Labute approximate surface area is 168 Å². The van der Waals surface area contributed by atoms with Gasteiger partial charge in [-0.05, 0) is 43.2 Å². The molecule has 1 aromatic carbocycles. The molecule has 0 aliphatic carbocycles. The Morgan fingerprint density at radius 1 is 1.25 bits per heavy atom. The molecule has 3 aromatic rings. The second kappa shape index (κ2) is 7.54. The summed E-state index contributed by atoms with van der Waals surface area (Å²) in [6, 6.07) is 7.01. The topological polar surface area (TPSA) is 43.1 Å². The third kappa shape index (κ3) is 3.51. The van der Waals surface area contributed by atoms with E-state index in [9.17, 15) is 9.18 Å². The highest BCUT2D eigenvalue weighted by molar-refractivity contribution is 7.07. The lowest BCUT2D eigenvalue weighted by molar-refractivity contribution is -0.132. The van der Waals surface area contributed by atoms with Crippen molar-refractivity contribution < 1.29 is 9.18 Å². The number of carbonyl (C=O) groups is 1. The summed E-state index contributed by atoms with van der Waals surface area (Å²) in [5, 5.41) is 4.66. The predicted octanol–water partition coefficient (Wildman–Crippen LogP) is 3.59. The van der Waals surface area contributed by atoms with Crippen molar-refractivity contribution in [2.45, 2.75) is 39.7 Å². The van der Waals surface area contributed by atoms with E-state index in [2.05, 4.69) is 23.0 Å². The van der Waals surface area contributed by atoms with Crippen LogP contribution in [-0.4, -0.2) is 37.6 Å². The van der Waals surface area contributed by atoms with E-state index in [-0.39, 0.29) is 18.3 Å². The molecular formula is C21H25FN4OS. The van der Waals surface area contributed by atoms with Gasteiger partial charge in [-0.2, -0.15) is 5.10 Å². The second-order valence-electron chi connectivity index (χ2n) is 7.34. The lowest BCUT2D eigenvalue weighted by atomic mass is 10.1. The highest BCUT2D eigenvalue weighted by Gasteiger charge is 2.23. The Hall–Kier alpha value is -2.41. The zero-order valence-corrected chi connectivity index (χ0v) is 17.4. The molecule has 0 spiro atoms. The summed E-state index contributed by atoms with van der Waals surface area (Å²) in [6.45, 7) is 5.58. The number of hydrogen-bond donors (Lipinski definition) is 0. The summed E-state index contributed by atoms with van der Waals surface area (Å²) in [7, 11) is 2.08. The number of rotatable bonds is 4. The Kier molecular flexibility index (Phi) is 5.10. The molecule has 0 fully saturated rings. The van der Waals surface area contributed by atoms with E-state index >= 15 is 0 Å². The van der Waals surface area contributed by atoms with Crippen molar-refractivity contribution in [3.63, 3.8) is 0 Å². The minimum atomic E-state index is -0.219. The van der Waals surface area contributed by atoms with Crippen molar-refractivity contribution in [1.29, 1.82) is 0 Å². The Balaban J connectivity index is 1.50. The molecule has 0 radical (unpaired) electrons. The summed E-state index contributed by atoms with van der Waals surface area (Å²) >= 11 is 1.78.